The molecular formula is C14H21NO5S2. The summed E-state index contributed by atoms with van der Waals surface area (Å²) in [6.45, 7) is 3.71. The molecule has 1 aromatic carbocycles. The first-order valence-electron chi connectivity index (χ1n) is 7.02. The Bertz CT molecular complexity index is 717. The second kappa shape index (κ2) is 6.17. The standard InChI is InChI=1S/C14H21NO5S2/c1-11(2)10-21(16,17)15-8-14(9-15)22(18,19)13-6-4-12(20-3)5-7-13/h4-7,11,14H,8-10H2,1-3H3. The average molecular weight is 347 g/mol. The quantitative estimate of drug-likeness (QED) is 0.771. The molecule has 6 nitrogen and oxygen atoms in total. The van der Waals surface area contributed by atoms with E-state index >= 15 is 0 Å². The third kappa shape index (κ3) is 3.44. The van der Waals surface area contributed by atoms with Crippen LogP contribution in [0.3, 0.4) is 0 Å². The third-order valence-electron chi connectivity index (χ3n) is 3.58. The highest BCUT2D eigenvalue weighted by Gasteiger charge is 2.43. The highest BCUT2D eigenvalue weighted by molar-refractivity contribution is 7.92. The molecule has 2 rings (SSSR count). The van der Waals surface area contributed by atoms with Gasteiger partial charge in [0.15, 0.2) is 9.84 Å². The first-order valence-corrected chi connectivity index (χ1v) is 10.2. The number of nitrogens with zero attached hydrogens (tertiary/aromatic N) is 1. The van der Waals surface area contributed by atoms with E-state index in [1.807, 2.05) is 13.8 Å². The van der Waals surface area contributed by atoms with E-state index in [9.17, 15) is 16.8 Å². The molecule has 1 fully saturated rings. The van der Waals surface area contributed by atoms with Crippen LogP contribution in [0.15, 0.2) is 29.2 Å². The van der Waals surface area contributed by atoms with Crippen molar-refractivity contribution >= 4 is 19.9 Å². The zero-order valence-corrected chi connectivity index (χ0v) is 14.5. The topological polar surface area (TPSA) is 80.8 Å². The lowest BCUT2D eigenvalue weighted by atomic mass is 10.3. The van der Waals surface area contributed by atoms with Crippen molar-refractivity contribution in [2.24, 2.45) is 5.92 Å². The van der Waals surface area contributed by atoms with Gasteiger partial charge >= 0.3 is 0 Å². The maximum absolute atomic E-state index is 12.4. The van der Waals surface area contributed by atoms with Gasteiger partial charge in [0.1, 0.15) is 5.75 Å². The van der Waals surface area contributed by atoms with E-state index in [2.05, 4.69) is 0 Å². The Labute approximate surface area is 132 Å². The largest absolute Gasteiger partial charge is 0.497 e. The van der Waals surface area contributed by atoms with Crippen LogP contribution in [-0.2, 0) is 19.9 Å². The molecule has 0 aliphatic carbocycles. The van der Waals surface area contributed by atoms with Crippen LogP contribution in [0, 0.1) is 5.92 Å². The van der Waals surface area contributed by atoms with E-state index < -0.39 is 25.1 Å². The number of sulfonamides is 1. The highest BCUT2D eigenvalue weighted by Crippen LogP contribution is 2.27. The fraction of sp³-hybridized carbons (Fsp3) is 0.571. The number of benzene rings is 1. The van der Waals surface area contributed by atoms with Crippen molar-refractivity contribution in [1.29, 1.82) is 0 Å². The maximum atomic E-state index is 12.4. The van der Waals surface area contributed by atoms with Gasteiger partial charge in [-0.25, -0.2) is 16.8 Å². The molecule has 0 atom stereocenters. The Kier molecular flexibility index (Phi) is 4.84. The van der Waals surface area contributed by atoms with Gasteiger partial charge < -0.3 is 4.74 Å². The molecule has 1 saturated heterocycles. The molecule has 1 aliphatic heterocycles. The number of sulfone groups is 1. The van der Waals surface area contributed by atoms with Crippen molar-refractivity contribution in [3.8, 4) is 5.75 Å². The minimum Gasteiger partial charge on any atom is -0.497 e. The molecule has 0 radical (unpaired) electrons. The molecule has 0 saturated carbocycles. The van der Waals surface area contributed by atoms with Gasteiger partial charge in [0.25, 0.3) is 0 Å². The average Bonchev–Trinajstić information content (AvgIpc) is 2.34. The number of ether oxygens (including phenoxy) is 1. The van der Waals surface area contributed by atoms with Crippen LogP contribution >= 0.6 is 0 Å². The van der Waals surface area contributed by atoms with Crippen molar-refractivity contribution in [3.05, 3.63) is 24.3 Å². The molecule has 124 valence electrons. The van der Waals surface area contributed by atoms with E-state index in [0.717, 1.165) is 0 Å². The molecule has 1 aromatic rings. The molecule has 0 bridgehead atoms. The number of methoxy groups -OCH3 is 1. The second-order valence-corrected chi connectivity index (χ2v) is 10.1. The Morgan fingerprint density at radius 3 is 2.14 bits per heavy atom. The van der Waals surface area contributed by atoms with E-state index in [1.54, 1.807) is 12.1 Å². The summed E-state index contributed by atoms with van der Waals surface area (Å²) in [6.07, 6.45) is 0. The van der Waals surface area contributed by atoms with Crippen LogP contribution in [0.1, 0.15) is 13.8 Å². The summed E-state index contributed by atoms with van der Waals surface area (Å²) < 4.78 is 55.2. The summed E-state index contributed by atoms with van der Waals surface area (Å²) in [6, 6.07) is 6.14. The Morgan fingerprint density at radius 2 is 1.68 bits per heavy atom. The van der Waals surface area contributed by atoms with Gasteiger partial charge in [-0.3, -0.25) is 0 Å². The van der Waals surface area contributed by atoms with Crippen LogP contribution in [0.2, 0.25) is 0 Å². The van der Waals surface area contributed by atoms with Crippen molar-refractivity contribution in [3.63, 3.8) is 0 Å². The molecule has 0 N–H and O–H groups in total. The SMILES string of the molecule is COc1ccc(S(=O)(=O)C2CN(S(=O)(=O)CC(C)C)C2)cc1. The molecule has 0 spiro atoms. The van der Waals surface area contributed by atoms with E-state index in [-0.39, 0.29) is 29.7 Å². The summed E-state index contributed by atoms with van der Waals surface area (Å²) in [5.74, 6) is 0.637. The van der Waals surface area contributed by atoms with E-state index in [1.165, 1.54) is 23.5 Å². The molecule has 22 heavy (non-hydrogen) atoms. The van der Waals surface area contributed by atoms with Crippen molar-refractivity contribution in [2.45, 2.75) is 24.0 Å². The molecule has 0 amide bonds. The number of hydrogen-bond donors (Lipinski definition) is 0. The summed E-state index contributed by atoms with van der Waals surface area (Å²) in [5.41, 5.74) is 0. The minimum absolute atomic E-state index is 0.0160. The lowest BCUT2D eigenvalue weighted by Gasteiger charge is -2.37. The van der Waals surface area contributed by atoms with Crippen molar-refractivity contribution in [2.75, 3.05) is 26.0 Å². The van der Waals surface area contributed by atoms with Crippen LogP contribution in [0.4, 0.5) is 0 Å². The van der Waals surface area contributed by atoms with Gasteiger partial charge in [-0.2, -0.15) is 4.31 Å². The first-order chi connectivity index (χ1) is 10.2. The van der Waals surface area contributed by atoms with Crippen LogP contribution in [-0.4, -0.2) is 52.3 Å². The first kappa shape index (κ1) is 17.2. The fourth-order valence-corrected chi connectivity index (χ4v) is 6.02. The fourth-order valence-electron chi connectivity index (χ4n) is 2.31. The Hall–Kier alpha value is -1.12. The second-order valence-electron chi connectivity index (χ2n) is 5.83. The zero-order chi connectivity index (χ0) is 16.5. The summed E-state index contributed by atoms with van der Waals surface area (Å²) in [7, 11) is -5.36. The lowest BCUT2D eigenvalue weighted by Crippen LogP contribution is -2.57. The molecule has 1 aliphatic rings. The van der Waals surface area contributed by atoms with E-state index in [0.29, 0.717) is 5.75 Å². The maximum Gasteiger partial charge on any atom is 0.214 e. The van der Waals surface area contributed by atoms with Gasteiger partial charge in [-0.1, -0.05) is 13.8 Å². The Balaban J connectivity index is 2.08. The summed E-state index contributed by atoms with van der Waals surface area (Å²) in [4.78, 5) is 0.194. The molecule has 8 heteroatoms. The molecule has 0 unspecified atom stereocenters. The van der Waals surface area contributed by atoms with E-state index in [4.69, 9.17) is 4.74 Å². The van der Waals surface area contributed by atoms with Gasteiger partial charge in [0, 0.05) is 13.1 Å². The van der Waals surface area contributed by atoms with Gasteiger partial charge in [-0.05, 0) is 30.2 Å². The zero-order valence-electron chi connectivity index (χ0n) is 12.9. The summed E-state index contributed by atoms with van der Waals surface area (Å²) >= 11 is 0. The van der Waals surface area contributed by atoms with Gasteiger partial charge in [-0.15, -0.1) is 0 Å². The van der Waals surface area contributed by atoms with Gasteiger partial charge in [0.2, 0.25) is 10.0 Å². The molecular weight excluding hydrogens is 326 g/mol. The highest BCUT2D eigenvalue weighted by atomic mass is 32.2. The minimum atomic E-state index is -3.51. The van der Waals surface area contributed by atoms with Crippen LogP contribution in [0.5, 0.6) is 5.75 Å². The predicted octanol–water partition coefficient (Wildman–Crippen LogP) is 1.14. The normalized spacial score (nSPS) is 17.5. The molecule has 0 aromatic heterocycles. The van der Waals surface area contributed by atoms with Crippen molar-refractivity contribution < 1.29 is 21.6 Å². The number of hydrogen-bond acceptors (Lipinski definition) is 5. The Morgan fingerprint density at radius 1 is 1.14 bits per heavy atom. The lowest BCUT2D eigenvalue weighted by molar-refractivity contribution is 0.308. The smallest absolute Gasteiger partial charge is 0.214 e. The molecule has 1 heterocycles. The van der Waals surface area contributed by atoms with Gasteiger partial charge in [0.05, 0.1) is 23.0 Å². The monoisotopic (exact) mass is 347 g/mol. The van der Waals surface area contributed by atoms with Crippen molar-refractivity contribution in [1.82, 2.24) is 4.31 Å². The van der Waals surface area contributed by atoms with Crippen LogP contribution in [0.25, 0.3) is 0 Å². The predicted molar refractivity (Wildman–Crippen MR) is 84.2 cm³/mol. The van der Waals surface area contributed by atoms with Crippen LogP contribution < -0.4 is 4.74 Å². The summed E-state index contributed by atoms with van der Waals surface area (Å²) in [5, 5.41) is -0.678. The number of rotatable bonds is 6. The third-order valence-corrected chi connectivity index (χ3v) is 7.86.